The van der Waals surface area contributed by atoms with Gasteiger partial charge in [-0.05, 0) is 33.4 Å². The molecule has 0 aliphatic carbocycles. The van der Waals surface area contributed by atoms with Gasteiger partial charge in [-0.3, -0.25) is 9.69 Å². The Morgan fingerprint density at radius 2 is 2.39 bits per heavy atom. The first-order valence-corrected chi connectivity index (χ1v) is 6.96. The lowest BCUT2D eigenvalue weighted by atomic mass is 10.2. The van der Waals surface area contributed by atoms with Crippen LogP contribution in [-0.2, 0) is 9.53 Å². The fourth-order valence-corrected chi connectivity index (χ4v) is 2.73. The topological polar surface area (TPSA) is 44.8 Å². The number of nitrogens with one attached hydrogen (secondary N) is 1. The van der Waals surface area contributed by atoms with Gasteiger partial charge < -0.3 is 15.0 Å². The van der Waals surface area contributed by atoms with E-state index in [-0.39, 0.29) is 12.0 Å². The molecule has 0 aromatic carbocycles. The van der Waals surface area contributed by atoms with Gasteiger partial charge in [0.15, 0.2) is 0 Å². The van der Waals surface area contributed by atoms with Crippen LogP contribution < -0.4 is 5.32 Å². The van der Waals surface area contributed by atoms with Crippen LogP contribution in [0, 0.1) is 0 Å². The molecule has 0 saturated carbocycles. The maximum atomic E-state index is 12.1. The van der Waals surface area contributed by atoms with E-state index in [0.717, 1.165) is 26.2 Å². The van der Waals surface area contributed by atoms with Gasteiger partial charge in [0.1, 0.15) is 0 Å². The maximum absolute atomic E-state index is 12.1. The van der Waals surface area contributed by atoms with E-state index < -0.39 is 0 Å². The number of carbonyl (C=O) groups excluding carboxylic acids is 1. The van der Waals surface area contributed by atoms with Gasteiger partial charge in [0.2, 0.25) is 5.91 Å². The van der Waals surface area contributed by atoms with Crippen molar-refractivity contribution >= 4 is 5.91 Å². The van der Waals surface area contributed by atoms with Gasteiger partial charge in [-0.15, -0.1) is 0 Å². The van der Waals surface area contributed by atoms with Gasteiger partial charge >= 0.3 is 0 Å². The predicted octanol–water partition coefficient (Wildman–Crippen LogP) is -0.0825. The number of ether oxygens (including phenoxy) is 1. The SMILES string of the molecule is CC1CN(C(=O)CN(C)CC2CCCN2)CCO1. The fourth-order valence-electron chi connectivity index (χ4n) is 2.73. The summed E-state index contributed by atoms with van der Waals surface area (Å²) in [5, 5.41) is 3.46. The molecule has 2 rings (SSSR count). The first-order chi connectivity index (χ1) is 8.65. The minimum absolute atomic E-state index is 0.171. The van der Waals surface area contributed by atoms with Crippen LogP contribution in [0.25, 0.3) is 0 Å². The van der Waals surface area contributed by atoms with E-state index >= 15 is 0 Å². The predicted molar refractivity (Wildman–Crippen MR) is 70.5 cm³/mol. The number of hydrogen-bond donors (Lipinski definition) is 1. The summed E-state index contributed by atoms with van der Waals surface area (Å²) in [4.78, 5) is 16.2. The van der Waals surface area contributed by atoms with Gasteiger partial charge in [-0.2, -0.15) is 0 Å². The van der Waals surface area contributed by atoms with Gasteiger partial charge in [-0.25, -0.2) is 0 Å². The highest BCUT2D eigenvalue weighted by atomic mass is 16.5. The second-order valence-electron chi connectivity index (χ2n) is 5.51. The van der Waals surface area contributed by atoms with Crippen molar-refractivity contribution in [2.24, 2.45) is 0 Å². The summed E-state index contributed by atoms with van der Waals surface area (Å²) in [5.41, 5.74) is 0. The Morgan fingerprint density at radius 3 is 3.06 bits per heavy atom. The van der Waals surface area contributed by atoms with Crippen molar-refractivity contribution in [3.63, 3.8) is 0 Å². The van der Waals surface area contributed by atoms with Crippen molar-refractivity contribution in [3.8, 4) is 0 Å². The first kappa shape index (κ1) is 13.8. The largest absolute Gasteiger partial charge is 0.375 e. The number of carbonyl (C=O) groups is 1. The van der Waals surface area contributed by atoms with Crippen LogP contribution in [0.5, 0.6) is 0 Å². The number of nitrogens with zero attached hydrogens (tertiary/aromatic N) is 2. The molecule has 0 bridgehead atoms. The van der Waals surface area contributed by atoms with Crippen LogP contribution in [0.15, 0.2) is 0 Å². The Hall–Kier alpha value is -0.650. The van der Waals surface area contributed by atoms with Crippen molar-refractivity contribution in [3.05, 3.63) is 0 Å². The quantitative estimate of drug-likeness (QED) is 0.763. The molecule has 104 valence electrons. The lowest BCUT2D eigenvalue weighted by Gasteiger charge is -2.32. The van der Waals surface area contributed by atoms with Gasteiger partial charge in [0, 0.05) is 25.7 Å². The molecule has 18 heavy (non-hydrogen) atoms. The molecule has 2 saturated heterocycles. The standard InChI is InChI=1S/C13H25N3O2/c1-11-8-16(6-7-18-11)13(17)10-15(2)9-12-4-3-5-14-12/h11-12,14H,3-10H2,1-2H3. The van der Waals surface area contributed by atoms with Crippen LogP contribution in [0.2, 0.25) is 0 Å². The molecular weight excluding hydrogens is 230 g/mol. The Morgan fingerprint density at radius 1 is 1.56 bits per heavy atom. The number of morpholine rings is 1. The lowest BCUT2D eigenvalue weighted by Crippen LogP contribution is -2.49. The molecule has 2 aliphatic heterocycles. The average Bonchev–Trinajstić information content (AvgIpc) is 2.81. The normalized spacial score (nSPS) is 28.9. The molecule has 5 nitrogen and oxygen atoms in total. The first-order valence-electron chi connectivity index (χ1n) is 6.96. The third kappa shape index (κ3) is 3.93. The minimum atomic E-state index is 0.171. The van der Waals surface area contributed by atoms with Crippen molar-refractivity contribution in [2.45, 2.75) is 31.9 Å². The highest BCUT2D eigenvalue weighted by Gasteiger charge is 2.23. The molecule has 2 unspecified atom stereocenters. The van der Waals surface area contributed by atoms with Crippen LogP contribution in [-0.4, -0.2) is 74.2 Å². The third-order valence-corrected chi connectivity index (χ3v) is 3.69. The smallest absolute Gasteiger partial charge is 0.236 e. The number of rotatable bonds is 4. The summed E-state index contributed by atoms with van der Waals surface area (Å²) < 4.78 is 5.45. The second-order valence-corrected chi connectivity index (χ2v) is 5.51. The van der Waals surface area contributed by atoms with Crippen molar-refractivity contribution in [1.29, 1.82) is 0 Å². The van der Waals surface area contributed by atoms with Crippen LogP contribution in [0.4, 0.5) is 0 Å². The van der Waals surface area contributed by atoms with E-state index in [1.54, 1.807) is 0 Å². The van der Waals surface area contributed by atoms with E-state index in [1.807, 2.05) is 18.9 Å². The summed E-state index contributed by atoms with van der Waals surface area (Å²) in [6, 6.07) is 0.561. The van der Waals surface area contributed by atoms with Crippen molar-refractivity contribution < 1.29 is 9.53 Å². The summed E-state index contributed by atoms with van der Waals surface area (Å²) in [6.45, 7) is 6.75. The molecule has 0 spiro atoms. The molecule has 1 amide bonds. The average molecular weight is 255 g/mol. The number of hydrogen-bond acceptors (Lipinski definition) is 4. The summed E-state index contributed by atoms with van der Waals surface area (Å²) in [6.07, 6.45) is 2.66. The van der Waals surface area contributed by atoms with Crippen LogP contribution >= 0.6 is 0 Å². The van der Waals surface area contributed by atoms with Crippen molar-refractivity contribution in [2.75, 3.05) is 46.4 Å². The van der Waals surface area contributed by atoms with E-state index in [1.165, 1.54) is 12.8 Å². The number of amides is 1. The summed E-state index contributed by atoms with van der Waals surface area (Å²) >= 11 is 0. The zero-order valence-corrected chi connectivity index (χ0v) is 11.5. The Kier molecular flexibility index (Phi) is 4.97. The zero-order valence-electron chi connectivity index (χ0n) is 11.5. The van der Waals surface area contributed by atoms with E-state index in [2.05, 4.69) is 10.2 Å². The molecule has 1 N–H and O–H groups in total. The highest BCUT2D eigenvalue weighted by molar-refractivity contribution is 5.78. The van der Waals surface area contributed by atoms with Crippen molar-refractivity contribution in [1.82, 2.24) is 15.1 Å². The van der Waals surface area contributed by atoms with Gasteiger partial charge in [0.05, 0.1) is 19.3 Å². The van der Waals surface area contributed by atoms with Crippen LogP contribution in [0.3, 0.4) is 0 Å². The third-order valence-electron chi connectivity index (χ3n) is 3.69. The molecule has 0 aromatic heterocycles. The van der Waals surface area contributed by atoms with Gasteiger partial charge in [0.25, 0.3) is 0 Å². The Bertz CT molecular complexity index is 279. The maximum Gasteiger partial charge on any atom is 0.236 e. The second kappa shape index (κ2) is 6.50. The van der Waals surface area contributed by atoms with Crippen LogP contribution in [0.1, 0.15) is 19.8 Å². The Balaban J connectivity index is 1.72. The minimum Gasteiger partial charge on any atom is -0.375 e. The molecule has 2 aliphatic rings. The highest BCUT2D eigenvalue weighted by Crippen LogP contribution is 2.08. The fraction of sp³-hybridized carbons (Fsp3) is 0.923. The van der Waals surface area contributed by atoms with E-state index in [4.69, 9.17) is 4.74 Å². The molecule has 2 atom stereocenters. The number of likely N-dealkylation sites (N-methyl/N-ethyl adjacent to an activating group) is 1. The van der Waals surface area contributed by atoms with E-state index in [9.17, 15) is 4.79 Å². The summed E-state index contributed by atoms with van der Waals surface area (Å²) in [5.74, 6) is 0.227. The molecule has 2 fully saturated rings. The molecule has 2 heterocycles. The molecular formula is C13H25N3O2. The zero-order chi connectivity index (χ0) is 13.0. The van der Waals surface area contributed by atoms with E-state index in [0.29, 0.717) is 19.2 Å². The monoisotopic (exact) mass is 255 g/mol. The lowest BCUT2D eigenvalue weighted by molar-refractivity contribution is -0.139. The molecule has 0 radical (unpaired) electrons. The molecule has 0 aromatic rings. The Labute approximate surface area is 109 Å². The van der Waals surface area contributed by atoms with Gasteiger partial charge in [-0.1, -0.05) is 0 Å². The summed E-state index contributed by atoms with van der Waals surface area (Å²) in [7, 11) is 2.03. The molecule has 5 heteroatoms.